The van der Waals surface area contributed by atoms with Crippen LogP contribution in [-0.2, 0) is 14.1 Å². The Labute approximate surface area is 98.5 Å². The molecule has 1 unspecified atom stereocenters. The maximum atomic E-state index is 12.0. The summed E-state index contributed by atoms with van der Waals surface area (Å²) in [6.07, 6.45) is 1.96. The van der Waals surface area contributed by atoms with Crippen LogP contribution >= 0.6 is 0 Å². The van der Waals surface area contributed by atoms with Crippen molar-refractivity contribution in [2.75, 3.05) is 18.0 Å². The van der Waals surface area contributed by atoms with Gasteiger partial charge in [-0.1, -0.05) is 0 Å². The van der Waals surface area contributed by atoms with Crippen LogP contribution in [0.4, 0.5) is 5.82 Å². The van der Waals surface area contributed by atoms with Crippen LogP contribution in [0.3, 0.4) is 0 Å². The Bertz CT molecular complexity index is 532. The van der Waals surface area contributed by atoms with Gasteiger partial charge in [-0.05, 0) is 12.8 Å². The molecule has 1 aromatic rings. The molecule has 7 heteroatoms. The highest BCUT2D eigenvalue weighted by molar-refractivity contribution is 5.38. The van der Waals surface area contributed by atoms with E-state index in [4.69, 9.17) is 5.73 Å². The molecule has 0 bridgehead atoms. The van der Waals surface area contributed by atoms with Crippen molar-refractivity contribution < 1.29 is 0 Å². The van der Waals surface area contributed by atoms with Crippen LogP contribution in [0.2, 0.25) is 0 Å². The van der Waals surface area contributed by atoms with Gasteiger partial charge in [0.05, 0.1) is 0 Å². The SMILES string of the molecule is Cn1nc(N2CCCC2CN)c(=O)n(C)c1=O. The molecule has 0 aromatic carbocycles. The molecular formula is C10H17N5O2. The number of hydrogen-bond donors (Lipinski definition) is 1. The monoisotopic (exact) mass is 239 g/mol. The van der Waals surface area contributed by atoms with Gasteiger partial charge in [-0.15, -0.1) is 5.10 Å². The van der Waals surface area contributed by atoms with E-state index in [1.165, 1.54) is 11.7 Å². The molecule has 2 rings (SSSR count). The lowest BCUT2D eigenvalue weighted by Gasteiger charge is -2.23. The van der Waals surface area contributed by atoms with Crippen molar-refractivity contribution in [3.8, 4) is 0 Å². The predicted octanol–water partition coefficient (Wildman–Crippen LogP) is -1.59. The first-order valence-electron chi connectivity index (χ1n) is 5.67. The summed E-state index contributed by atoms with van der Waals surface area (Å²) in [5.41, 5.74) is 4.90. The van der Waals surface area contributed by atoms with E-state index >= 15 is 0 Å². The molecule has 7 nitrogen and oxygen atoms in total. The Balaban J connectivity index is 2.53. The van der Waals surface area contributed by atoms with Crippen molar-refractivity contribution in [1.29, 1.82) is 0 Å². The minimum atomic E-state index is -0.415. The summed E-state index contributed by atoms with van der Waals surface area (Å²) in [4.78, 5) is 25.4. The average molecular weight is 239 g/mol. The number of hydrogen-bond acceptors (Lipinski definition) is 5. The molecular weight excluding hydrogens is 222 g/mol. The Kier molecular flexibility index (Phi) is 3.01. The molecule has 1 aromatic heterocycles. The molecule has 2 N–H and O–H groups in total. The van der Waals surface area contributed by atoms with Crippen LogP contribution < -0.4 is 21.9 Å². The van der Waals surface area contributed by atoms with Crippen molar-refractivity contribution in [1.82, 2.24) is 14.3 Å². The molecule has 1 atom stereocenters. The average Bonchev–Trinajstić information content (AvgIpc) is 2.79. The van der Waals surface area contributed by atoms with Crippen LogP contribution in [-0.4, -0.2) is 33.5 Å². The maximum absolute atomic E-state index is 12.0. The van der Waals surface area contributed by atoms with E-state index in [0.717, 1.165) is 24.0 Å². The number of anilines is 1. The Morgan fingerprint density at radius 2 is 2.12 bits per heavy atom. The van der Waals surface area contributed by atoms with Crippen molar-refractivity contribution in [3.63, 3.8) is 0 Å². The molecule has 1 aliphatic rings. The molecule has 0 spiro atoms. The molecule has 0 radical (unpaired) electrons. The zero-order valence-electron chi connectivity index (χ0n) is 10.1. The number of rotatable bonds is 2. The van der Waals surface area contributed by atoms with Crippen molar-refractivity contribution in [2.45, 2.75) is 18.9 Å². The second-order valence-electron chi connectivity index (χ2n) is 4.32. The normalized spacial score (nSPS) is 19.9. The van der Waals surface area contributed by atoms with Gasteiger partial charge in [0.2, 0.25) is 5.82 Å². The molecule has 94 valence electrons. The first-order chi connectivity index (χ1) is 8.06. The first-order valence-corrected chi connectivity index (χ1v) is 5.67. The molecule has 0 aliphatic carbocycles. The van der Waals surface area contributed by atoms with E-state index in [9.17, 15) is 9.59 Å². The third kappa shape index (κ3) is 1.86. The van der Waals surface area contributed by atoms with E-state index in [1.54, 1.807) is 7.05 Å². The van der Waals surface area contributed by atoms with E-state index in [2.05, 4.69) is 5.10 Å². The fraction of sp³-hybridized carbons (Fsp3) is 0.700. The maximum Gasteiger partial charge on any atom is 0.346 e. The predicted molar refractivity (Wildman–Crippen MR) is 64.1 cm³/mol. The lowest BCUT2D eigenvalue weighted by Crippen LogP contribution is -2.46. The van der Waals surface area contributed by atoms with Crippen LogP contribution in [0.5, 0.6) is 0 Å². The molecule has 0 amide bonds. The number of nitrogens with zero attached hydrogens (tertiary/aromatic N) is 4. The van der Waals surface area contributed by atoms with Gasteiger partial charge in [0.25, 0.3) is 5.56 Å². The second kappa shape index (κ2) is 4.33. The van der Waals surface area contributed by atoms with Crippen LogP contribution in [0, 0.1) is 0 Å². The van der Waals surface area contributed by atoms with Crippen molar-refractivity contribution in [3.05, 3.63) is 20.8 Å². The standard InChI is InChI=1S/C10H17N5O2/c1-13-9(16)8(12-14(2)10(13)17)15-5-3-4-7(15)6-11/h7H,3-6,11H2,1-2H3. The number of nitrogens with two attached hydrogens (primary N) is 1. The minimum Gasteiger partial charge on any atom is -0.346 e. The second-order valence-corrected chi connectivity index (χ2v) is 4.32. The smallest absolute Gasteiger partial charge is 0.346 e. The Hall–Kier alpha value is -1.63. The van der Waals surface area contributed by atoms with Gasteiger partial charge in [0.15, 0.2) is 0 Å². The van der Waals surface area contributed by atoms with Crippen LogP contribution in [0.25, 0.3) is 0 Å². The van der Waals surface area contributed by atoms with E-state index in [1.807, 2.05) is 4.90 Å². The summed E-state index contributed by atoms with van der Waals surface area (Å²) >= 11 is 0. The molecule has 1 saturated heterocycles. The van der Waals surface area contributed by atoms with Gasteiger partial charge in [0, 0.05) is 33.2 Å². The fourth-order valence-corrected chi connectivity index (χ4v) is 2.22. The lowest BCUT2D eigenvalue weighted by molar-refractivity contribution is 0.578. The quantitative estimate of drug-likeness (QED) is 0.672. The molecule has 17 heavy (non-hydrogen) atoms. The largest absolute Gasteiger partial charge is 0.346 e. The summed E-state index contributed by atoms with van der Waals surface area (Å²) in [5.74, 6) is 0.322. The highest BCUT2D eigenvalue weighted by atomic mass is 16.2. The van der Waals surface area contributed by atoms with Crippen molar-refractivity contribution in [2.24, 2.45) is 19.8 Å². The Morgan fingerprint density at radius 3 is 2.76 bits per heavy atom. The zero-order chi connectivity index (χ0) is 12.6. The van der Waals surface area contributed by atoms with Gasteiger partial charge in [-0.3, -0.25) is 9.36 Å². The van der Waals surface area contributed by atoms with Crippen molar-refractivity contribution >= 4 is 5.82 Å². The Morgan fingerprint density at radius 1 is 1.41 bits per heavy atom. The lowest BCUT2D eigenvalue weighted by atomic mass is 10.2. The number of aromatic nitrogens is 3. The van der Waals surface area contributed by atoms with Gasteiger partial charge < -0.3 is 10.6 Å². The van der Waals surface area contributed by atoms with Gasteiger partial charge >= 0.3 is 5.69 Å². The van der Waals surface area contributed by atoms with Crippen LogP contribution in [0.1, 0.15) is 12.8 Å². The van der Waals surface area contributed by atoms with E-state index in [0.29, 0.717) is 12.4 Å². The summed E-state index contributed by atoms with van der Waals surface area (Å²) in [6, 6.07) is 0.146. The third-order valence-corrected chi connectivity index (χ3v) is 3.23. The molecule has 1 fully saturated rings. The summed E-state index contributed by atoms with van der Waals surface area (Å²) in [6.45, 7) is 1.26. The molecule has 0 saturated carbocycles. The molecule has 2 heterocycles. The highest BCUT2D eigenvalue weighted by Crippen LogP contribution is 2.19. The minimum absolute atomic E-state index is 0.146. The topological polar surface area (TPSA) is 86.2 Å². The third-order valence-electron chi connectivity index (χ3n) is 3.23. The van der Waals surface area contributed by atoms with E-state index in [-0.39, 0.29) is 11.6 Å². The fourth-order valence-electron chi connectivity index (χ4n) is 2.22. The summed E-state index contributed by atoms with van der Waals surface area (Å²) in [7, 11) is 3.00. The van der Waals surface area contributed by atoms with Gasteiger partial charge in [-0.2, -0.15) is 0 Å². The first kappa shape index (κ1) is 11.8. The molecule has 1 aliphatic heterocycles. The number of aryl methyl sites for hydroxylation is 1. The van der Waals surface area contributed by atoms with E-state index < -0.39 is 5.69 Å². The highest BCUT2D eigenvalue weighted by Gasteiger charge is 2.27. The zero-order valence-corrected chi connectivity index (χ0v) is 10.1. The summed E-state index contributed by atoms with van der Waals surface area (Å²) < 4.78 is 2.26. The van der Waals surface area contributed by atoms with Crippen LogP contribution in [0.15, 0.2) is 9.59 Å². The van der Waals surface area contributed by atoms with Gasteiger partial charge in [-0.25, -0.2) is 9.48 Å². The van der Waals surface area contributed by atoms with Gasteiger partial charge in [0.1, 0.15) is 0 Å². The summed E-state index contributed by atoms with van der Waals surface area (Å²) in [5, 5.41) is 4.05.